The Balaban J connectivity index is 3.96. The Morgan fingerprint density at radius 2 is 2.12 bits per heavy atom. The molecule has 3 nitrogen and oxygen atoms in total. The van der Waals surface area contributed by atoms with Crippen LogP contribution in [0.1, 0.15) is 20.3 Å². The van der Waals surface area contributed by atoms with Crippen LogP contribution in [0.15, 0.2) is 0 Å². The number of thioether (sulfide) groups is 1. The van der Waals surface area contributed by atoms with Crippen LogP contribution < -0.4 is 5.32 Å². The predicted octanol–water partition coefficient (Wildman–Crippen LogP) is 1.97. The third-order valence-corrected chi connectivity index (χ3v) is 3.56. The molecule has 0 saturated heterocycles. The van der Waals surface area contributed by atoms with Crippen LogP contribution in [0.3, 0.4) is 0 Å². The molecule has 0 saturated carbocycles. The number of nitrogens with one attached hydrogen (secondary N) is 1. The molecule has 0 aliphatic heterocycles. The maximum atomic E-state index is 5.35. The average molecular weight is 264 g/mol. The zero-order valence-electron chi connectivity index (χ0n) is 10.9. The first-order valence-corrected chi connectivity index (χ1v) is 7.34. The Labute approximate surface area is 109 Å². The van der Waals surface area contributed by atoms with Crippen molar-refractivity contribution >= 4 is 29.1 Å². The number of hydrogen-bond donors (Lipinski definition) is 1. The summed E-state index contributed by atoms with van der Waals surface area (Å²) in [5, 5.41) is 4.07. The Kier molecular flexibility index (Phi) is 9.07. The first-order valence-electron chi connectivity index (χ1n) is 5.54. The van der Waals surface area contributed by atoms with E-state index >= 15 is 0 Å². The molecule has 96 valence electrons. The van der Waals surface area contributed by atoms with E-state index in [1.807, 2.05) is 18.8 Å². The maximum Gasteiger partial charge on any atom is 0.169 e. The molecule has 0 bridgehead atoms. The fraction of sp³-hybridized carbons (Fsp3) is 0.909. The van der Waals surface area contributed by atoms with Crippen molar-refractivity contribution in [3.05, 3.63) is 0 Å². The number of hydrogen-bond acceptors (Lipinski definition) is 3. The predicted molar refractivity (Wildman–Crippen MR) is 77.3 cm³/mol. The zero-order valence-corrected chi connectivity index (χ0v) is 12.6. The van der Waals surface area contributed by atoms with E-state index in [0.717, 1.165) is 11.5 Å². The molecule has 0 radical (unpaired) electrons. The molecule has 0 amide bonds. The van der Waals surface area contributed by atoms with Crippen molar-refractivity contribution in [1.82, 2.24) is 10.2 Å². The molecule has 0 aromatic rings. The van der Waals surface area contributed by atoms with Crippen molar-refractivity contribution in [3.63, 3.8) is 0 Å². The average Bonchev–Trinajstić information content (AvgIpc) is 2.24. The van der Waals surface area contributed by atoms with Gasteiger partial charge in [0.15, 0.2) is 5.11 Å². The van der Waals surface area contributed by atoms with Gasteiger partial charge in [0.2, 0.25) is 0 Å². The molecule has 0 aliphatic rings. The second-order valence-electron chi connectivity index (χ2n) is 4.05. The number of methoxy groups -OCH3 is 1. The minimum Gasteiger partial charge on any atom is -0.383 e. The van der Waals surface area contributed by atoms with Crippen LogP contribution >= 0.6 is 24.0 Å². The lowest BCUT2D eigenvalue weighted by molar-refractivity contribution is 0.177. The SMILES string of the molecule is COCC(C)NC(=S)N(C)C(C)CCSC. The van der Waals surface area contributed by atoms with Gasteiger partial charge in [0.25, 0.3) is 0 Å². The Hall–Kier alpha value is 0. The van der Waals surface area contributed by atoms with Gasteiger partial charge < -0.3 is 15.0 Å². The summed E-state index contributed by atoms with van der Waals surface area (Å²) in [4.78, 5) is 2.12. The van der Waals surface area contributed by atoms with Crippen LogP contribution in [0, 0.1) is 0 Å². The van der Waals surface area contributed by atoms with Gasteiger partial charge in [0, 0.05) is 26.2 Å². The number of nitrogens with zero attached hydrogens (tertiary/aromatic N) is 1. The fourth-order valence-electron chi connectivity index (χ4n) is 1.29. The van der Waals surface area contributed by atoms with E-state index in [9.17, 15) is 0 Å². The van der Waals surface area contributed by atoms with Gasteiger partial charge >= 0.3 is 0 Å². The first kappa shape index (κ1) is 16.0. The van der Waals surface area contributed by atoms with Crippen molar-refractivity contribution < 1.29 is 4.74 Å². The zero-order chi connectivity index (χ0) is 12.6. The van der Waals surface area contributed by atoms with Gasteiger partial charge in [-0.2, -0.15) is 11.8 Å². The van der Waals surface area contributed by atoms with Crippen LogP contribution in [-0.4, -0.2) is 54.9 Å². The summed E-state index contributed by atoms with van der Waals surface area (Å²) in [5.74, 6) is 1.17. The van der Waals surface area contributed by atoms with Crippen molar-refractivity contribution in [3.8, 4) is 0 Å². The summed E-state index contributed by atoms with van der Waals surface area (Å²) in [5.41, 5.74) is 0. The highest BCUT2D eigenvalue weighted by molar-refractivity contribution is 7.98. The quantitative estimate of drug-likeness (QED) is 0.709. The van der Waals surface area contributed by atoms with Gasteiger partial charge in [0.05, 0.1) is 6.61 Å². The Morgan fingerprint density at radius 1 is 1.50 bits per heavy atom. The Morgan fingerprint density at radius 3 is 2.62 bits per heavy atom. The molecule has 1 N–H and O–H groups in total. The lowest BCUT2D eigenvalue weighted by Crippen LogP contribution is -2.46. The first-order chi connectivity index (χ1) is 7.52. The highest BCUT2D eigenvalue weighted by Crippen LogP contribution is 2.06. The van der Waals surface area contributed by atoms with E-state index in [0.29, 0.717) is 12.6 Å². The molecular formula is C11H24N2OS2. The van der Waals surface area contributed by atoms with Crippen LogP contribution in [0.2, 0.25) is 0 Å². The summed E-state index contributed by atoms with van der Waals surface area (Å²) < 4.78 is 5.07. The van der Waals surface area contributed by atoms with E-state index in [4.69, 9.17) is 17.0 Å². The van der Waals surface area contributed by atoms with E-state index in [-0.39, 0.29) is 6.04 Å². The maximum absolute atomic E-state index is 5.35. The molecule has 0 spiro atoms. The summed E-state index contributed by atoms with van der Waals surface area (Å²) >= 11 is 7.22. The van der Waals surface area contributed by atoms with Crippen molar-refractivity contribution in [2.75, 3.05) is 32.8 Å². The van der Waals surface area contributed by atoms with E-state index in [1.165, 1.54) is 5.75 Å². The normalized spacial score (nSPS) is 14.3. The number of rotatable bonds is 7. The molecule has 0 heterocycles. The molecule has 16 heavy (non-hydrogen) atoms. The standard InChI is InChI=1S/C11H24N2OS2/c1-9(8-14-4)12-11(15)13(3)10(2)6-7-16-5/h9-10H,6-8H2,1-5H3,(H,12,15). The number of thiocarbonyl (C=S) groups is 1. The van der Waals surface area contributed by atoms with Gasteiger partial charge in [-0.05, 0) is 44.5 Å². The van der Waals surface area contributed by atoms with E-state index in [1.54, 1.807) is 7.11 Å². The largest absolute Gasteiger partial charge is 0.383 e. The number of ether oxygens (including phenoxy) is 1. The Bertz CT molecular complexity index is 202. The fourth-order valence-corrected chi connectivity index (χ4v) is 2.24. The second-order valence-corrected chi connectivity index (χ2v) is 5.42. The molecule has 0 rings (SSSR count). The summed E-state index contributed by atoms with van der Waals surface area (Å²) in [6, 6.07) is 0.731. The highest BCUT2D eigenvalue weighted by Gasteiger charge is 2.13. The van der Waals surface area contributed by atoms with Crippen LogP contribution in [0.4, 0.5) is 0 Å². The summed E-state index contributed by atoms with van der Waals surface area (Å²) in [6.07, 6.45) is 3.28. The van der Waals surface area contributed by atoms with Crippen LogP contribution in [0.5, 0.6) is 0 Å². The summed E-state index contributed by atoms with van der Waals surface area (Å²) in [6.45, 7) is 4.94. The molecular weight excluding hydrogens is 240 g/mol. The van der Waals surface area contributed by atoms with Gasteiger partial charge in [-0.25, -0.2) is 0 Å². The van der Waals surface area contributed by atoms with Crippen LogP contribution in [-0.2, 0) is 4.74 Å². The van der Waals surface area contributed by atoms with Crippen molar-refractivity contribution in [1.29, 1.82) is 0 Å². The minimum absolute atomic E-state index is 0.257. The minimum atomic E-state index is 0.257. The lowest BCUT2D eigenvalue weighted by atomic mass is 10.2. The van der Waals surface area contributed by atoms with Gasteiger partial charge in [-0.3, -0.25) is 0 Å². The third kappa shape index (κ3) is 6.55. The van der Waals surface area contributed by atoms with Crippen LogP contribution in [0.25, 0.3) is 0 Å². The lowest BCUT2D eigenvalue weighted by Gasteiger charge is -2.29. The van der Waals surface area contributed by atoms with Gasteiger partial charge in [-0.1, -0.05) is 0 Å². The molecule has 0 fully saturated rings. The molecule has 0 aromatic heterocycles. The molecule has 5 heteroatoms. The molecule has 2 atom stereocenters. The topological polar surface area (TPSA) is 24.5 Å². The molecule has 0 aromatic carbocycles. The monoisotopic (exact) mass is 264 g/mol. The smallest absolute Gasteiger partial charge is 0.169 e. The third-order valence-electron chi connectivity index (χ3n) is 2.51. The molecule has 2 unspecified atom stereocenters. The molecule has 0 aliphatic carbocycles. The van der Waals surface area contributed by atoms with Gasteiger partial charge in [-0.15, -0.1) is 0 Å². The summed E-state index contributed by atoms with van der Waals surface area (Å²) in [7, 11) is 3.74. The van der Waals surface area contributed by atoms with E-state index < -0.39 is 0 Å². The highest BCUT2D eigenvalue weighted by atomic mass is 32.2. The second kappa shape index (κ2) is 9.07. The van der Waals surface area contributed by atoms with E-state index in [2.05, 4.69) is 30.3 Å². The van der Waals surface area contributed by atoms with Crippen molar-refractivity contribution in [2.24, 2.45) is 0 Å². The van der Waals surface area contributed by atoms with Crippen molar-refractivity contribution in [2.45, 2.75) is 32.4 Å². The van der Waals surface area contributed by atoms with Gasteiger partial charge in [0.1, 0.15) is 0 Å².